The van der Waals surface area contributed by atoms with Crippen molar-refractivity contribution in [1.82, 2.24) is 14.8 Å². The molecule has 0 aliphatic carbocycles. The van der Waals surface area contributed by atoms with Crippen LogP contribution in [-0.2, 0) is 24.1 Å². The monoisotopic (exact) mass is 314 g/mol. The Morgan fingerprint density at radius 2 is 2.04 bits per heavy atom. The molecule has 122 valence electrons. The van der Waals surface area contributed by atoms with Crippen LogP contribution in [0.1, 0.15) is 17.8 Å². The first-order chi connectivity index (χ1) is 11.3. The van der Waals surface area contributed by atoms with Crippen molar-refractivity contribution in [3.05, 3.63) is 52.1 Å². The number of methoxy groups -OCH3 is 1. The van der Waals surface area contributed by atoms with E-state index in [4.69, 9.17) is 4.74 Å². The third-order valence-electron chi connectivity index (χ3n) is 4.17. The minimum atomic E-state index is -0.0309. The van der Waals surface area contributed by atoms with Crippen molar-refractivity contribution in [3.63, 3.8) is 0 Å². The first-order valence-corrected chi connectivity index (χ1v) is 8.04. The standard InChI is InChI=1S/C17H22N4O2/c1-23-13-12-20(11-9-14-6-3-2-4-7-14)16-17(22)21-10-5-8-15(21)18-19-16/h2-4,6-7H,5,8-13H2,1H3. The summed E-state index contributed by atoms with van der Waals surface area (Å²) in [5.41, 5.74) is 1.21. The Morgan fingerprint density at radius 1 is 1.22 bits per heavy atom. The topological polar surface area (TPSA) is 60.2 Å². The van der Waals surface area contributed by atoms with Crippen molar-refractivity contribution in [2.75, 3.05) is 31.7 Å². The molecule has 0 atom stereocenters. The van der Waals surface area contributed by atoms with E-state index >= 15 is 0 Å². The van der Waals surface area contributed by atoms with Gasteiger partial charge in [0.05, 0.1) is 6.61 Å². The number of benzene rings is 1. The molecular weight excluding hydrogens is 292 g/mol. The Kier molecular flexibility index (Phi) is 5.02. The predicted octanol–water partition coefficient (Wildman–Crippen LogP) is 1.28. The number of nitrogens with zero attached hydrogens (tertiary/aromatic N) is 4. The van der Waals surface area contributed by atoms with E-state index < -0.39 is 0 Å². The minimum Gasteiger partial charge on any atom is -0.383 e. The second-order valence-corrected chi connectivity index (χ2v) is 5.72. The largest absolute Gasteiger partial charge is 0.383 e. The Hall–Kier alpha value is -2.21. The molecule has 0 unspecified atom stereocenters. The molecule has 1 aliphatic rings. The van der Waals surface area contributed by atoms with Crippen molar-refractivity contribution in [2.24, 2.45) is 0 Å². The zero-order valence-corrected chi connectivity index (χ0v) is 13.4. The van der Waals surface area contributed by atoms with Gasteiger partial charge in [-0.1, -0.05) is 30.3 Å². The van der Waals surface area contributed by atoms with E-state index in [-0.39, 0.29) is 5.56 Å². The summed E-state index contributed by atoms with van der Waals surface area (Å²) in [4.78, 5) is 14.6. The number of rotatable bonds is 7. The Bertz CT molecular complexity index is 699. The van der Waals surface area contributed by atoms with Crippen LogP contribution in [0.15, 0.2) is 35.1 Å². The fourth-order valence-corrected chi connectivity index (χ4v) is 2.88. The number of aryl methyl sites for hydroxylation is 1. The van der Waals surface area contributed by atoms with E-state index in [1.54, 1.807) is 11.7 Å². The van der Waals surface area contributed by atoms with E-state index in [0.29, 0.717) is 19.0 Å². The highest BCUT2D eigenvalue weighted by Crippen LogP contribution is 2.12. The number of hydrogen-bond acceptors (Lipinski definition) is 5. The first kappa shape index (κ1) is 15.7. The van der Waals surface area contributed by atoms with Crippen LogP contribution in [-0.4, -0.2) is 41.6 Å². The quantitative estimate of drug-likeness (QED) is 0.770. The van der Waals surface area contributed by atoms with Crippen molar-refractivity contribution in [2.45, 2.75) is 25.8 Å². The number of hydrogen-bond donors (Lipinski definition) is 0. The maximum Gasteiger partial charge on any atom is 0.296 e. The molecule has 3 rings (SSSR count). The molecule has 1 aliphatic heterocycles. The second-order valence-electron chi connectivity index (χ2n) is 5.72. The van der Waals surface area contributed by atoms with Crippen molar-refractivity contribution < 1.29 is 4.74 Å². The van der Waals surface area contributed by atoms with Crippen LogP contribution >= 0.6 is 0 Å². The predicted molar refractivity (Wildman–Crippen MR) is 88.8 cm³/mol. The average molecular weight is 314 g/mol. The van der Waals surface area contributed by atoms with Crippen LogP contribution in [0, 0.1) is 0 Å². The van der Waals surface area contributed by atoms with Gasteiger partial charge in [-0.15, -0.1) is 10.2 Å². The lowest BCUT2D eigenvalue weighted by Crippen LogP contribution is -2.37. The number of ether oxygens (including phenoxy) is 1. The zero-order valence-electron chi connectivity index (χ0n) is 13.4. The molecule has 0 saturated heterocycles. The molecule has 0 spiro atoms. The maximum atomic E-state index is 12.7. The van der Waals surface area contributed by atoms with Gasteiger partial charge in [0.25, 0.3) is 5.56 Å². The summed E-state index contributed by atoms with van der Waals surface area (Å²) in [6.45, 7) is 2.65. The zero-order chi connectivity index (χ0) is 16.1. The van der Waals surface area contributed by atoms with Gasteiger partial charge in [0.2, 0.25) is 5.82 Å². The maximum absolute atomic E-state index is 12.7. The molecule has 2 aromatic rings. The van der Waals surface area contributed by atoms with Crippen LogP contribution in [0.5, 0.6) is 0 Å². The fourth-order valence-electron chi connectivity index (χ4n) is 2.88. The molecule has 0 saturated carbocycles. The number of fused-ring (bicyclic) bond motifs is 1. The van der Waals surface area contributed by atoms with Gasteiger partial charge in [-0.3, -0.25) is 9.36 Å². The van der Waals surface area contributed by atoms with Gasteiger partial charge in [0.1, 0.15) is 5.82 Å². The van der Waals surface area contributed by atoms with Gasteiger partial charge in [0, 0.05) is 33.2 Å². The van der Waals surface area contributed by atoms with Gasteiger partial charge in [-0.2, -0.15) is 0 Å². The summed E-state index contributed by atoms with van der Waals surface area (Å²) < 4.78 is 6.93. The number of aromatic nitrogens is 3. The lowest BCUT2D eigenvalue weighted by molar-refractivity contribution is 0.205. The SMILES string of the molecule is COCCN(CCc1ccccc1)c1nnc2n(c1=O)CCC2. The van der Waals surface area contributed by atoms with Gasteiger partial charge in [-0.05, 0) is 18.4 Å². The Morgan fingerprint density at radius 3 is 2.83 bits per heavy atom. The molecule has 0 N–H and O–H groups in total. The highest BCUT2D eigenvalue weighted by Gasteiger charge is 2.20. The molecule has 2 heterocycles. The van der Waals surface area contributed by atoms with E-state index in [9.17, 15) is 4.79 Å². The van der Waals surface area contributed by atoms with Crippen LogP contribution in [0.3, 0.4) is 0 Å². The lowest BCUT2D eigenvalue weighted by Gasteiger charge is -2.22. The summed E-state index contributed by atoms with van der Waals surface area (Å²) in [6.07, 6.45) is 2.66. The summed E-state index contributed by atoms with van der Waals surface area (Å²) in [7, 11) is 1.66. The molecular formula is C17H22N4O2. The molecule has 23 heavy (non-hydrogen) atoms. The van der Waals surface area contributed by atoms with Crippen LogP contribution in [0.25, 0.3) is 0 Å². The third-order valence-corrected chi connectivity index (χ3v) is 4.17. The van der Waals surface area contributed by atoms with E-state index in [0.717, 1.165) is 38.2 Å². The molecule has 0 radical (unpaired) electrons. The first-order valence-electron chi connectivity index (χ1n) is 8.04. The van der Waals surface area contributed by atoms with Gasteiger partial charge < -0.3 is 9.64 Å². The average Bonchev–Trinajstić information content (AvgIpc) is 3.07. The Labute approximate surface area is 135 Å². The molecule has 6 nitrogen and oxygen atoms in total. The molecule has 0 fully saturated rings. The van der Waals surface area contributed by atoms with Gasteiger partial charge >= 0.3 is 0 Å². The Balaban J connectivity index is 1.80. The normalized spacial score (nSPS) is 13.1. The van der Waals surface area contributed by atoms with E-state index in [2.05, 4.69) is 22.3 Å². The van der Waals surface area contributed by atoms with E-state index in [1.165, 1.54) is 5.56 Å². The minimum absolute atomic E-state index is 0.0309. The second kappa shape index (κ2) is 7.37. The fraction of sp³-hybridized carbons (Fsp3) is 0.471. The summed E-state index contributed by atoms with van der Waals surface area (Å²) in [5, 5.41) is 8.44. The van der Waals surface area contributed by atoms with Crippen molar-refractivity contribution >= 4 is 5.82 Å². The van der Waals surface area contributed by atoms with Crippen molar-refractivity contribution in [1.29, 1.82) is 0 Å². The highest BCUT2D eigenvalue weighted by molar-refractivity contribution is 5.36. The highest BCUT2D eigenvalue weighted by atomic mass is 16.5. The smallest absolute Gasteiger partial charge is 0.296 e. The van der Waals surface area contributed by atoms with E-state index in [1.807, 2.05) is 23.1 Å². The molecule has 1 aromatic heterocycles. The van der Waals surface area contributed by atoms with Crippen LogP contribution in [0.4, 0.5) is 5.82 Å². The van der Waals surface area contributed by atoms with Crippen LogP contribution < -0.4 is 10.5 Å². The van der Waals surface area contributed by atoms with Gasteiger partial charge in [-0.25, -0.2) is 0 Å². The summed E-state index contributed by atoms with van der Waals surface area (Å²) in [5.74, 6) is 1.23. The third kappa shape index (κ3) is 3.59. The molecule has 0 bridgehead atoms. The summed E-state index contributed by atoms with van der Waals surface area (Å²) in [6, 6.07) is 10.2. The van der Waals surface area contributed by atoms with Gasteiger partial charge in [0.15, 0.2) is 0 Å². The molecule has 0 amide bonds. The molecule has 1 aromatic carbocycles. The lowest BCUT2D eigenvalue weighted by atomic mass is 10.1. The van der Waals surface area contributed by atoms with Crippen LogP contribution in [0.2, 0.25) is 0 Å². The molecule has 6 heteroatoms. The number of anilines is 1. The van der Waals surface area contributed by atoms with Crippen molar-refractivity contribution in [3.8, 4) is 0 Å². The summed E-state index contributed by atoms with van der Waals surface area (Å²) >= 11 is 0.